The van der Waals surface area contributed by atoms with Crippen molar-refractivity contribution in [3.05, 3.63) is 120 Å². The van der Waals surface area contributed by atoms with Gasteiger partial charge in [0.2, 0.25) is 0 Å². The van der Waals surface area contributed by atoms with E-state index in [4.69, 9.17) is 9.73 Å². The summed E-state index contributed by atoms with van der Waals surface area (Å²) in [4.78, 5) is 35.5. The first kappa shape index (κ1) is 26.8. The second kappa shape index (κ2) is 11.2. The zero-order chi connectivity index (χ0) is 28.5. The molecule has 3 heterocycles. The van der Waals surface area contributed by atoms with Crippen molar-refractivity contribution in [3.63, 3.8) is 0 Å². The van der Waals surface area contributed by atoms with Crippen LogP contribution < -0.4 is 29.8 Å². The van der Waals surface area contributed by atoms with Crippen molar-refractivity contribution in [2.24, 2.45) is 4.99 Å². The number of aromatic nitrogens is 1. The maximum atomic E-state index is 14.0. The van der Waals surface area contributed by atoms with Gasteiger partial charge in [-0.25, -0.2) is 4.99 Å². The molecule has 2 aliphatic rings. The molecule has 1 saturated heterocycles. The summed E-state index contributed by atoms with van der Waals surface area (Å²) in [6, 6.07) is 22.5. The summed E-state index contributed by atoms with van der Waals surface area (Å²) in [6.07, 6.45) is 4.37. The third-order valence-corrected chi connectivity index (χ3v) is 8.66. The normalized spacial score (nSPS) is 16.9. The van der Waals surface area contributed by atoms with Crippen LogP contribution in [0.5, 0.6) is 5.75 Å². The minimum Gasteiger partial charge on any atom is -0.497 e. The first-order valence-electron chi connectivity index (χ1n) is 13.8. The Morgan fingerprint density at radius 1 is 1.02 bits per heavy atom. The van der Waals surface area contributed by atoms with E-state index < -0.39 is 6.04 Å². The van der Waals surface area contributed by atoms with E-state index in [0.29, 0.717) is 32.0 Å². The lowest BCUT2D eigenvalue weighted by Crippen LogP contribution is -2.40. The lowest BCUT2D eigenvalue weighted by molar-refractivity contribution is -0.113. The number of nitrogens with zero attached hydrogens (tertiary/aromatic N) is 3. The fraction of sp³-hybridized carbons (Fsp3) is 0.242. The Bertz CT molecular complexity index is 1830. The lowest BCUT2D eigenvalue weighted by Gasteiger charge is -2.25. The van der Waals surface area contributed by atoms with Crippen molar-refractivity contribution in [1.29, 1.82) is 0 Å². The highest BCUT2D eigenvalue weighted by Crippen LogP contribution is 2.32. The van der Waals surface area contributed by atoms with E-state index in [1.54, 1.807) is 11.7 Å². The first-order chi connectivity index (χ1) is 19.9. The maximum Gasteiger partial charge on any atom is 0.271 e. The molecule has 6 rings (SSSR count). The number of anilines is 2. The number of hydrogen-bond acceptors (Lipinski definition) is 6. The Labute approximate surface area is 242 Å². The van der Waals surface area contributed by atoms with Gasteiger partial charge in [-0.1, -0.05) is 47.7 Å². The molecule has 0 bridgehead atoms. The van der Waals surface area contributed by atoms with Gasteiger partial charge in [0.25, 0.3) is 11.5 Å². The molecular formula is C33H32N4O3S. The predicted octanol–water partition coefficient (Wildman–Crippen LogP) is 4.79. The van der Waals surface area contributed by atoms with E-state index in [2.05, 4.69) is 35.3 Å². The summed E-state index contributed by atoms with van der Waals surface area (Å²) in [6.45, 7) is 6.12. The molecule has 1 fully saturated rings. The number of fused-ring (bicyclic) bond motifs is 1. The van der Waals surface area contributed by atoms with Gasteiger partial charge in [0.15, 0.2) is 4.80 Å². The molecule has 1 N–H and O–H groups in total. The number of carbonyl (C=O) groups is 1. The monoisotopic (exact) mass is 564 g/mol. The van der Waals surface area contributed by atoms with E-state index in [1.165, 1.54) is 35.4 Å². The molecule has 208 valence electrons. The zero-order valence-corrected chi connectivity index (χ0v) is 24.2. The molecule has 7 nitrogen and oxygen atoms in total. The second-order valence-corrected chi connectivity index (χ2v) is 11.4. The number of aryl methyl sites for hydroxylation is 1. The minimum absolute atomic E-state index is 0.180. The number of carbonyl (C=O) groups excluding carboxylic acids is 1. The van der Waals surface area contributed by atoms with E-state index in [-0.39, 0.29) is 11.5 Å². The molecule has 8 heteroatoms. The van der Waals surface area contributed by atoms with Gasteiger partial charge in [-0.2, -0.15) is 0 Å². The van der Waals surface area contributed by atoms with Crippen molar-refractivity contribution in [1.82, 2.24) is 4.57 Å². The number of hydrogen-bond donors (Lipinski definition) is 1. The summed E-state index contributed by atoms with van der Waals surface area (Å²) in [5.41, 5.74) is 5.67. The summed E-state index contributed by atoms with van der Waals surface area (Å²) in [7, 11) is 1.60. The third kappa shape index (κ3) is 5.23. The number of methoxy groups -OCH3 is 1. The number of allylic oxidation sites excluding steroid dienone is 1. The van der Waals surface area contributed by atoms with Crippen LogP contribution in [-0.2, 0) is 4.79 Å². The Kier molecular flexibility index (Phi) is 7.32. The number of amides is 1. The van der Waals surface area contributed by atoms with Gasteiger partial charge >= 0.3 is 0 Å². The van der Waals surface area contributed by atoms with Crippen molar-refractivity contribution in [2.45, 2.75) is 32.7 Å². The smallest absolute Gasteiger partial charge is 0.271 e. The Morgan fingerprint density at radius 2 is 1.80 bits per heavy atom. The summed E-state index contributed by atoms with van der Waals surface area (Å²) in [5, 5.41) is 2.99. The van der Waals surface area contributed by atoms with Gasteiger partial charge in [0.1, 0.15) is 5.75 Å². The number of thiazole rings is 1. The third-order valence-electron chi connectivity index (χ3n) is 7.67. The number of benzene rings is 3. The van der Waals surface area contributed by atoms with Crippen LogP contribution in [0, 0.1) is 6.92 Å². The Morgan fingerprint density at radius 3 is 2.54 bits per heavy atom. The topological polar surface area (TPSA) is 75.9 Å². The largest absolute Gasteiger partial charge is 0.497 e. The molecule has 3 aromatic carbocycles. The molecule has 0 spiro atoms. The van der Waals surface area contributed by atoms with Crippen LogP contribution in [-0.4, -0.2) is 30.7 Å². The maximum absolute atomic E-state index is 14.0. The van der Waals surface area contributed by atoms with Crippen molar-refractivity contribution in [3.8, 4) is 5.75 Å². The van der Waals surface area contributed by atoms with E-state index >= 15 is 0 Å². The van der Waals surface area contributed by atoms with Crippen molar-refractivity contribution < 1.29 is 9.53 Å². The average molecular weight is 565 g/mol. The Hall–Kier alpha value is -4.43. The molecule has 0 aliphatic carbocycles. The van der Waals surface area contributed by atoms with Gasteiger partial charge in [-0.3, -0.25) is 14.2 Å². The molecule has 0 saturated carbocycles. The molecule has 1 aromatic heterocycles. The number of para-hydroxylation sites is 1. The van der Waals surface area contributed by atoms with Crippen molar-refractivity contribution >= 4 is 34.7 Å². The lowest BCUT2D eigenvalue weighted by atomic mass is 9.95. The van der Waals surface area contributed by atoms with Crippen LogP contribution in [0.15, 0.2) is 93.9 Å². The highest BCUT2D eigenvalue weighted by Gasteiger charge is 2.32. The molecule has 0 radical (unpaired) electrons. The summed E-state index contributed by atoms with van der Waals surface area (Å²) in [5.74, 6) is 0.350. The predicted molar refractivity (Wildman–Crippen MR) is 164 cm³/mol. The number of ether oxygens (including phenoxy) is 1. The van der Waals surface area contributed by atoms with E-state index in [9.17, 15) is 9.59 Å². The Balaban J connectivity index is 1.46. The minimum atomic E-state index is -0.661. The van der Waals surface area contributed by atoms with Crippen LogP contribution >= 0.6 is 11.3 Å². The average Bonchev–Trinajstić information content (AvgIpc) is 3.61. The summed E-state index contributed by atoms with van der Waals surface area (Å²) < 4.78 is 7.70. The zero-order valence-electron chi connectivity index (χ0n) is 23.4. The standard InChI is InChI=1S/C33H32N4O3S/c1-21-18-23(14-15-27(21)36-16-7-8-17-36)19-28-32(39)37-30(24-10-9-13-26(20-24)40-3)29(22(2)34-33(37)41-28)31(38)35-25-11-5-4-6-12-25/h4-6,9-15,18-20,30H,7-8,16-17H2,1-3H3,(H,35,38)/b28-19+/t30-/m1/s1. The number of nitrogens with one attached hydrogen (secondary N) is 1. The summed E-state index contributed by atoms with van der Waals surface area (Å²) >= 11 is 1.34. The fourth-order valence-electron chi connectivity index (χ4n) is 5.69. The van der Waals surface area contributed by atoms with Crippen LogP contribution in [0.3, 0.4) is 0 Å². The van der Waals surface area contributed by atoms with Gasteiger partial charge < -0.3 is 15.0 Å². The van der Waals surface area contributed by atoms with Crippen molar-refractivity contribution in [2.75, 3.05) is 30.4 Å². The molecule has 41 heavy (non-hydrogen) atoms. The van der Waals surface area contributed by atoms with Gasteiger partial charge in [0, 0.05) is 24.5 Å². The second-order valence-electron chi connectivity index (χ2n) is 10.4. The molecule has 1 atom stereocenters. The van der Waals surface area contributed by atoms with E-state index in [0.717, 1.165) is 24.2 Å². The van der Waals surface area contributed by atoms with Crippen LogP contribution in [0.2, 0.25) is 0 Å². The molecule has 0 unspecified atom stereocenters. The molecule has 4 aromatic rings. The van der Waals surface area contributed by atoms with Gasteiger partial charge in [-0.15, -0.1) is 0 Å². The highest BCUT2D eigenvalue weighted by atomic mass is 32.1. The van der Waals surface area contributed by atoms with E-state index in [1.807, 2.05) is 67.6 Å². The fourth-order valence-corrected chi connectivity index (χ4v) is 6.74. The molecule has 1 amide bonds. The van der Waals surface area contributed by atoms with Crippen LogP contribution in [0.4, 0.5) is 11.4 Å². The van der Waals surface area contributed by atoms with Crippen LogP contribution in [0.25, 0.3) is 6.08 Å². The van der Waals surface area contributed by atoms with Gasteiger partial charge in [-0.05, 0) is 85.9 Å². The molecular weight excluding hydrogens is 532 g/mol. The highest BCUT2D eigenvalue weighted by molar-refractivity contribution is 7.07. The number of rotatable bonds is 6. The van der Waals surface area contributed by atoms with Gasteiger partial charge in [0.05, 0.1) is 29.0 Å². The quantitative estimate of drug-likeness (QED) is 0.365. The van der Waals surface area contributed by atoms with Crippen LogP contribution in [0.1, 0.15) is 42.5 Å². The SMILES string of the molecule is COc1cccc([C@@H]2C(C(=O)Nc3ccccc3)=C(C)N=c3s/c(=C/c4ccc(N5CCCC5)c(C)c4)c(=O)n32)c1. The molecule has 2 aliphatic heterocycles. The first-order valence-corrected chi connectivity index (χ1v) is 14.6.